The van der Waals surface area contributed by atoms with Crippen LogP contribution in [0.25, 0.3) is 0 Å². The Morgan fingerprint density at radius 3 is 2.80 bits per heavy atom. The number of nitrogens with zero attached hydrogens (tertiary/aromatic N) is 1. The first-order valence-electron chi connectivity index (χ1n) is 7.41. The fourth-order valence-electron chi connectivity index (χ4n) is 2.69. The van der Waals surface area contributed by atoms with Crippen molar-refractivity contribution in [3.05, 3.63) is 35.4 Å². The van der Waals surface area contributed by atoms with E-state index in [1.54, 1.807) is 18.7 Å². The number of methoxy groups -OCH3 is 1. The number of phenols is 1. The molecule has 2 rings (SSSR count). The van der Waals surface area contributed by atoms with Gasteiger partial charge in [-0.15, -0.1) is 0 Å². The van der Waals surface area contributed by atoms with Crippen molar-refractivity contribution < 1.29 is 9.84 Å². The van der Waals surface area contributed by atoms with Crippen LogP contribution in [0.4, 0.5) is 0 Å². The Morgan fingerprint density at radius 1 is 1.30 bits per heavy atom. The fourth-order valence-corrected chi connectivity index (χ4v) is 2.69. The van der Waals surface area contributed by atoms with Crippen molar-refractivity contribution in [2.45, 2.75) is 38.6 Å². The van der Waals surface area contributed by atoms with Crippen LogP contribution in [0.3, 0.4) is 0 Å². The summed E-state index contributed by atoms with van der Waals surface area (Å²) in [5.41, 5.74) is 2.73. The summed E-state index contributed by atoms with van der Waals surface area (Å²) >= 11 is 0. The number of hydrogen-bond donors (Lipinski definition) is 1. The first-order chi connectivity index (χ1) is 9.69. The molecule has 110 valence electrons. The molecule has 1 N–H and O–H groups in total. The van der Waals surface area contributed by atoms with Gasteiger partial charge in [0, 0.05) is 13.1 Å². The minimum Gasteiger partial charge on any atom is -0.504 e. The molecule has 0 radical (unpaired) electrons. The average molecular weight is 275 g/mol. The summed E-state index contributed by atoms with van der Waals surface area (Å²) < 4.78 is 5.06. The van der Waals surface area contributed by atoms with Crippen LogP contribution in [0.15, 0.2) is 29.8 Å². The van der Waals surface area contributed by atoms with Crippen LogP contribution in [0.2, 0.25) is 0 Å². The van der Waals surface area contributed by atoms with Crippen molar-refractivity contribution in [2.75, 3.05) is 20.7 Å². The molecule has 0 bridgehead atoms. The zero-order chi connectivity index (χ0) is 14.4. The SMILES string of the molecule is COc1ccc(CN(C)CCC2=CCCCC2)cc1O. The third-order valence-electron chi connectivity index (χ3n) is 3.90. The predicted octanol–water partition coefficient (Wildman–Crippen LogP) is 3.72. The number of ether oxygens (including phenoxy) is 1. The second kappa shape index (κ2) is 7.34. The van der Waals surface area contributed by atoms with Gasteiger partial charge < -0.3 is 14.7 Å². The Labute approximate surface area is 121 Å². The summed E-state index contributed by atoms with van der Waals surface area (Å²) in [4.78, 5) is 2.30. The van der Waals surface area contributed by atoms with E-state index in [1.807, 2.05) is 12.1 Å². The van der Waals surface area contributed by atoms with Crippen LogP contribution >= 0.6 is 0 Å². The van der Waals surface area contributed by atoms with Gasteiger partial charge in [0.1, 0.15) is 0 Å². The lowest BCUT2D eigenvalue weighted by Gasteiger charge is -2.19. The fraction of sp³-hybridized carbons (Fsp3) is 0.529. The lowest BCUT2D eigenvalue weighted by atomic mass is 9.97. The molecule has 0 amide bonds. The zero-order valence-electron chi connectivity index (χ0n) is 12.6. The highest BCUT2D eigenvalue weighted by Gasteiger charge is 2.07. The molecular weight excluding hydrogens is 250 g/mol. The highest BCUT2D eigenvalue weighted by Crippen LogP contribution is 2.27. The molecule has 20 heavy (non-hydrogen) atoms. The molecule has 0 fully saturated rings. The Bertz CT molecular complexity index is 468. The second-order valence-corrected chi connectivity index (χ2v) is 5.60. The summed E-state index contributed by atoms with van der Waals surface area (Å²) in [6, 6.07) is 5.62. The quantitative estimate of drug-likeness (QED) is 0.803. The van der Waals surface area contributed by atoms with Crippen LogP contribution < -0.4 is 4.74 Å². The molecule has 3 heteroatoms. The zero-order valence-corrected chi connectivity index (χ0v) is 12.6. The molecule has 1 aliphatic rings. The number of aromatic hydroxyl groups is 1. The van der Waals surface area contributed by atoms with Gasteiger partial charge in [0.05, 0.1) is 7.11 Å². The molecule has 0 aliphatic heterocycles. The van der Waals surface area contributed by atoms with Gasteiger partial charge in [-0.25, -0.2) is 0 Å². The summed E-state index contributed by atoms with van der Waals surface area (Å²) in [5, 5.41) is 9.79. The van der Waals surface area contributed by atoms with Gasteiger partial charge in [0.2, 0.25) is 0 Å². The van der Waals surface area contributed by atoms with Crippen LogP contribution in [-0.2, 0) is 6.54 Å². The standard InChI is InChI=1S/C17H25NO2/c1-18(11-10-14-6-4-3-5-7-14)13-15-8-9-17(20-2)16(19)12-15/h6,8-9,12,19H,3-5,7,10-11,13H2,1-2H3. The monoisotopic (exact) mass is 275 g/mol. The summed E-state index contributed by atoms with van der Waals surface area (Å²) in [6.45, 7) is 1.92. The maximum Gasteiger partial charge on any atom is 0.160 e. The van der Waals surface area contributed by atoms with E-state index in [0.717, 1.165) is 18.7 Å². The Kier molecular flexibility index (Phi) is 5.48. The molecular formula is C17H25NO2. The van der Waals surface area contributed by atoms with Gasteiger partial charge >= 0.3 is 0 Å². The van der Waals surface area contributed by atoms with Crippen molar-refractivity contribution >= 4 is 0 Å². The van der Waals surface area contributed by atoms with Crippen molar-refractivity contribution in [3.8, 4) is 11.5 Å². The lowest BCUT2D eigenvalue weighted by Crippen LogP contribution is -2.19. The molecule has 0 unspecified atom stereocenters. The number of rotatable bonds is 6. The Hall–Kier alpha value is -1.48. The Morgan fingerprint density at radius 2 is 2.15 bits per heavy atom. The topological polar surface area (TPSA) is 32.7 Å². The molecule has 0 aromatic heterocycles. The molecule has 0 spiro atoms. The lowest BCUT2D eigenvalue weighted by molar-refractivity contribution is 0.326. The molecule has 1 aromatic rings. The van der Waals surface area contributed by atoms with Gasteiger partial charge in [-0.3, -0.25) is 0 Å². The van der Waals surface area contributed by atoms with E-state index in [0.29, 0.717) is 5.75 Å². The van der Waals surface area contributed by atoms with Crippen LogP contribution in [0.1, 0.15) is 37.7 Å². The molecule has 1 aromatic carbocycles. The first kappa shape index (κ1) is 14.9. The van der Waals surface area contributed by atoms with E-state index >= 15 is 0 Å². The third kappa shape index (κ3) is 4.27. The molecule has 0 heterocycles. The van der Waals surface area contributed by atoms with Gasteiger partial charge in [0.15, 0.2) is 11.5 Å². The first-order valence-corrected chi connectivity index (χ1v) is 7.41. The van der Waals surface area contributed by atoms with Crippen molar-refractivity contribution in [3.63, 3.8) is 0 Å². The van der Waals surface area contributed by atoms with Crippen LogP contribution in [0, 0.1) is 0 Å². The molecule has 1 aliphatic carbocycles. The van der Waals surface area contributed by atoms with Crippen LogP contribution in [-0.4, -0.2) is 30.7 Å². The number of hydrogen-bond acceptors (Lipinski definition) is 3. The minimum atomic E-state index is 0.216. The summed E-state index contributed by atoms with van der Waals surface area (Å²) in [5.74, 6) is 0.747. The van der Waals surface area contributed by atoms with Gasteiger partial charge in [-0.1, -0.05) is 17.7 Å². The van der Waals surface area contributed by atoms with E-state index in [4.69, 9.17) is 4.74 Å². The van der Waals surface area contributed by atoms with E-state index in [1.165, 1.54) is 32.1 Å². The number of allylic oxidation sites excluding steroid dienone is 1. The molecule has 0 atom stereocenters. The van der Waals surface area contributed by atoms with Gasteiger partial charge in [-0.05, 0) is 56.8 Å². The van der Waals surface area contributed by atoms with E-state index in [2.05, 4.69) is 18.0 Å². The maximum atomic E-state index is 9.79. The third-order valence-corrected chi connectivity index (χ3v) is 3.90. The van der Waals surface area contributed by atoms with Crippen LogP contribution in [0.5, 0.6) is 11.5 Å². The summed E-state index contributed by atoms with van der Waals surface area (Å²) in [6.07, 6.45) is 8.81. The largest absolute Gasteiger partial charge is 0.504 e. The Balaban J connectivity index is 1.83. The van der Waals surface area contributed by atoms with E-state index in [-0.39, 0.29) is 5.75 Å². The highest BCUT2D eigenvalue weighted by molar-refractivity contribution is 5.41. The van der Waals surface area contributed by atoms with Crippen molar-refractivity contribution in [2.24, 2.45) is 0 Å². The minimum absolute atomic E-state index is 0.216. The number of benzene rings is 1. The molecule has 0 saturated carbocycles. The van der Waals surface area contributed by atoms with Gasteiger partial charge in [-0.2, -0.15) is 0 Å². The normalized spacial score (nSPS) is 15.2. The van der Waals surface area contributed by atoms with E-state index < -0.39 is 0 Å². The summed E-state index contributed by atoms with van der Waals surface area (Å²) in [7, 11) is 3.70. The predicted molar refractivity (Wildman–Crippen MR) is 82.2 cm³/mol. The van der Waals surface area contributed by atoms with Gasteiger partial charge in [0.25, 0.3) is 0 Å². The number of phenolic OH excluding ortho intramolecular Hbond substituents is 1. The van der Waals surface area contributed by atoms with E-state index in [9.17, 15) is 5.11 Å². The highest BCUT2D eigenvalue weighted by atomic mass is 16.5. The second-order valence-electron chi connectivity index (χ2n) is 5.60. The molecule has 0 saturated heterocycles. The van der Waals surface area contributed by atoms with Crippen molar-refractivity contribution in [1.29, 1.82) is 0 Å². The molecule has 3 nitrogen and oxygen atoms in total. The average Bonchev–Trinajstić information content (AvgIpc) is 2.46. The maximum absolute atomic E-state index is 9.79. The van der Waals surface area contributed by atoms with Crippen molar-refractivity contribution in [1.82, 2.24) is 4.90 Å². The smallest absolute Gasteiger partial charge is 0.160 e.